The third-order valence-corrected chi connectivity index (χ3v) is 5.90. The van der Waals surface area contributed by atoms with Crippen LogP contribution in [0.25, 0.3) is 33.5 Å². The first-order valence-corrected chi connectivity index (χ1v) is 12.2. The van der Waals surface area contributed by atoms with Crippen molar-refractivity contribution in [3.05, 3.63) is 91.7 Å². The summed E-state index contributed by atoms with van der Waals surface area (Å²) in [4.78, 5) is 40.1. The molecule has 1 N–H and O–H groups in total. The second kappa shape index (κ2) is 10.9. The largest absolute Gasteiger partial charge is 0.490 e. The molecule has 12 nitrogen and oxygen atoms in total. The zero-order valence-electron chi connectivity index (χ0n) is 20.7. The van der Waals surface area contributed by atoms with E-state index < -0.39 is 28.7 Å². The molecule has 40 heavy (non-hydrogen) atoms. The predicted octanol–water partition coefficient (Wildman–Crippen LogP) is 5.12. The molecule has 0 unspecified atom stereocenters. The fraction of sp³-hybridized carbons (Fsp3) is 0.111. The average Bonchev–Trinajstić information content (AvgIpc) is 3.34. The highest BCUT2D eigenvalue weighted by molar-refractivity contribution is 6.31. The van der Waals surface area contributed by atoms with Gasteiger partial charge in [-0.05, 0) is 49.4 Å². The Morgan fingerprint density at radius 1 is 1.20 bits per heavy atom. The number of rotatable bonds is 9. The summed E-state index contributed by atoms with van der Waals surface area (Å²) in [7, 11) is 0. The molecule has 13 heteroatoms. The van der Waals surface area contributed by atoms with E-state index in [2.05, 4.69) is 10.1 Å². The van der Waals surface area contributed by atoms with E-state index in [0.717, 1.165) is 10.7 Å². The predicted molar refractivity (Wildman–Crippen MR) is 147 cm³/mol. The number of hydrogen-bond acceptors (Lipinski definition) is 9. The van der Waals surface area contributed by atoms with Crippen molar-refractivity contribution in [3.8, 4) is 23.1 Å². The molecule has 2 aromatic heterocycles. The molecule has 0 bridgehead atoms. The number of carboxylic acids is 1. The van der Waals surface area contributed by atoms with Gasteiger partial charge in [0.1, 0.15) is 5.58 Å². The van der Waals surface area contributed by atoms with E-state index in [1.807, 2.05) is 0 Å². The van der Waals surface area contributed by atoms with Crippen molar-refractivity contribution in [2.45, 2.75) is 6.92 Å². The van der Waals surface area contributed by atoms with Gasteiger partial charge in [-0.25, -0.2) is 9.78 Å². The lowest BCUT2D eigenvalue weighted by Gasteiger charge is -2.12. The number of aliphatic carboxylic acids is 1. The van der Waals surface area contributed by atoms with Gasteiger partial charge in [0, 0.05) is 22.0 Å². The molecule has 2 heterocycles. The quantitative estimate of drug-likeness (QED) is 0.146. The molecule has 0 radical (unpaired) electrons. The zero-order chi connectivity index (χ0) is 28.4. The van der Waals surface area contributed by atoms with Crippen LogP contribution in [0.4, 0.5) is 5.69 Å². The van der Waals surface area contributed by atoms with Crippen molar-refractivity contribution in [3.63, 3.8) is 0 Å². The van der Waals surface area contributed by atoms with Crippen molar-refractivity contribution >= 4 is 51.3 Å². The fourth-order valence-electron chi connectivity index (χ4n) is 4.00. The first-order valence-electron chi connectivity index (χ1n) is 11.8. The Bertz CT molecular complexity index is 1880. The van der Waals surface area contributed by atoms with Crippen molar-refractivity contribution in [2.24, 2.45) is 5.10 Å². The van der Waals surface area contributed by atoms with Gasteiger partial charge in [0.25, 0.3) is 5.56 Å². The van der Waals surface area contributed by atoms with Gasteiger partial charge in [-0.3, -0.25) is 14.9 Å². The zero-order valence-corrected chi connectivity index (χ0v) is 21.5. The van der Waals surface area contributed by atoms with Gasteiger partial charge in [0.2, 0.25) is 11.6 Å². The molecule has 3 aromatic carbocycles. The number of halogens is 1. The lowest BCUT2D eigenvalue weighted by Crippen LogP contribution is -2.20. The number of ether oxygens (including phenoxy) is 2. The second-order valence-electron chi connectivity index (χ2n) is 8.35. The Balaban J connectivity index is 1.67. The van der Waals surface area contributed by atoms with E-state index in [1.165, 1.54) is 12.3 Å². The summed E-state index contributed by atoms with van der Waals surface area (Å²) in [6.45, 7) is 0.967. The van der Waals surface area contributed by atoms with Crippen molar-refractivity contribution in [2.75, 3.05) is 13.2 Å². The van der Waals surface area contributed by atoms with E-state index in [-0.39, 0.29) is 35.3 Å². The Labute approximate surface area is 229 Å². The monoisotopic (exact) mass is 562 g/mol. The van der Waals surface area contributed by atoms with Crippen LogP contribution in [0.2, 0.25) is 5.02 Å². The average molecular weight is 563 g/mol. The lowest BCUT2D eigenvalue weighted by atomic mass is 10.2. The minimum absolute atomic E-state index is 0.0576. The molecule has 0 saturated heterocycles. The highest BCUT2D eigenvalue weighted by Gasteiger charge is 2.24. The number of fused-ring (bicyclic) bond motifs is 2. The molecular formula is C27H19ClN4O8. The molecular weight excluding hydrogens is 544 g/mol. The number of hydrogen-bond donors (Lipinski definition) is 1. The highest BCUT2D eigenvalue weighted by atomic mass is 35.5. The van der Waals surface area contributed by atoms with Crippen LogP contribution in [-0.4, -0.2) is 45.1 Å². The van der Waals surface area contributed by atoms with Crippen LogP contribution in [0.15, 0.2) is 75.0 Å². The van der Waals surface area contributed by atoms with Crippen molar-refractivity contribution < 1.29 is 28.7 Å². The van der Waals surface area contributed by atoms with Crippen LogP contribution >= 0.6 is 11.6 Å². The van der Waals surface area contributed by atoms with Gasteiger partial charge in [-0.2, -0.15) is 9.78 Å². The molecule has 0 amide bonds. The third kappa shape index (κ3) is 5.20. The molecule has 0 fully saturated rings. The van der Waals surface area contributed by atoms with Crippen LogP contribution < -0.4 is 15.0 Å². The number of carboxylic acid groups (broad SMARTS) is 1. The van der Waals surface area contributed by atoms with Crippen LogP contribution in [0.1, 0.15) is 12.5 Å². The highest BCUT2D eigenvalue weighted by Crippen LogP contribution is 2.38. The maximum absolute atomic E-state index is 13.5. The minimum atomic E-state index is -1.31. The summed E-state index contributed by atoms with van der Waals surface area (Å²) in [6.07, 6.45) is 1.22. The molecule has 0 atom stereocenters. The number of nitro groups is 1. The molecule has 0 aliphatic carbocycles. The lowest BCUT2D eigenvalue weighted by molar-refractivity contribution is -0.385. The Morgan fingerprint density at radius 2 is 2.00 bits per heavy atom. The molecule has 202 valence electrons. The summed E-state index contributed by atoms with van der Waals surface area (Å²) in [5.74, 6) is -1.37. The van der Waals surface area contributed by atoms with Crippen LogP contribution in [0.5, 0.6) is 11.5 Å². The SMILES string of the molecule is CCOc1cc(C=Nn2c(-c3cc4cc(Cl)ccc4o3)nc3ccccc3c2=O)cc([N+](=O)[O-])c1OCC(=O)O. The van der Waals surface area contributed by atoms with E-state index in [4.69, 9.17) is 30.6 Å². The van der Waals surface area contributed by atoms with Crippen LogP contribution in [0.3, 0.4) is 0 Å². The standard InChI is InChI=1S/C27H19ClN4O8/c1-2-38-22-10-15(9-20(32(36)37)25(22)39-14-24(33)34)13-29-31-26(30-19-6-4-3-5-18(19)27(31)35)23-12-16-11-17(28)7-8-21(16)40-23/h3-13H,2,14H2,1H3,(H,33,34). The van der Waals surface area contributed by atoms with Gasteiger partial charge in [-0.15, -0.1) is 0 Å². The van der Waals surface area contributed by atoms with Crippen molar-refractivity contribution in [1.29, 1.82) is 0 Å². The van der Waals surface area contributed by atoms with Gasteiger partial charge in [0.15, 0.2) is 18.1 Å². The third-order valence-electron chi connectivity index (χ3n) is 5.67. The number of carbonyl (C=O) groups is 1. The number of furan rings is 1. The number of nitro benzene ring substituents is 1. The van der Waals surface area contributed by atoms with E-state index in [0.29, 0.717) is 26.9 Å². The summed E-state index contributed by atoms with van der Waals surface area (Å²) >= 11 is 6.11. The normalized spacial score (nSPS) is 11.3. The maximum atomic E-state index is 13.5. The molecule has 5 rings (SSSR count). The minimum Gasteiger partial charge on any atom is -0.490 e. The number of nitrogens with zero attached hydrogens (tertiary/aromatic N) is 4. The number of para-hydroxylation sites is 1. The fourth-order valence-corrected chi connectivity index (χ4v) is 4.18. The summed E-state index contributed by atoms with van der Waals surface area (Å²) in [6, 6.07) is 16.0. The Hall–Kier alpha value is -5.23. The first-order chi connectivity index (χ1) is 19.2. The number of benzene rings is 3. The molecule has 0 saturated carbocycles. The molecule has 5 aromatic rings. The molecule has 0 aliphatic rings. The van der Waals surface area contributed by atoms with E-state index in [1.54, 1.807) is 55.5 Å². The van der Waals surface area contributed by atoms with E-state index in [9.17, 15) is 19.7 Å². The topological polar surface area (TPSA) is 159 Å². The Kier molecular flexibility index (Phi) is 7.17. The van der Waals surface area contributed by atoms with Gasteiger partial charge in [0.05, 0.1) is 28.6 Å². The van der Waals surface area contributed by atoms with Gasteiger partial charge in [-0.1, -0.05) is 23.7 Å². The maximum Gasteiger partial charge on any atom is 0.341 e. The first kappa shape index (κ1) is 26.4. The van der Waals surface area contributed by atoms with Gasteiger partial charge >= 0.3 is 11.7 Å². The van der Waals surface area contributed by atoms with Crippen LogP contribution in [0, 0.1) is 10.1 Å². The smallest absolute Gasteiger partial charge is 0.341 e. The van der Waals surface area contributed by atoms with Crippen molar-refractivity contribution in [1.82, 2.24) is 9.66 Å². The Morgan fingerprint density at radius 3 is 2.75 bits per heavy atom. The summed E-state index contributed by atoms with van der Waals surface area (Å²) in [5, 5.41) is 26.5. The molecule has 0 aliphatic heterocycles. The molecule has 0 spiro atoms. The van der Waals surface area contributed by atoms with E-state index >= 15 is 0 Å². The second-order valence-corrected chi connectivity index (χ2v) is 8.78. The van der Waals surface area contributed by atoms with Gasteiger partial charge < -0.3 is 19.0 Å². The number of aromatic nitrogens is 2. The summed E-state index contributed by atoms with van der Waals surface area (Å²) in [5.41, 5.74) is 0.0800. The summed E-state index contributed by atoms with van der Waals surface area (Å²) < 4.78 is 17.6. The van der Waals surface area contributed by atoms with Crippen LogP contribution in [-0.2, 0) is 4.79 Å².